The quantitative estimate of drug-likeness (QED) is 0.165. The number of benzene rings is 4. The molecule has 1 unspecified atom stereocenters. The van der Waals surface area contributed by atoms with Crippen molar-refractivity contribution in [3.63, 3.8) is 0 Å². The van der Waals surface area contributed by atoms with E-state index >= 15 is 0 Å². The van der Waals surface area contributed by atoms with E-state index in [1.807, 2.05) is 19.9 Å². The molecule has 44 heavy (non-hydrogen) atoms. The Morgan fingerprint density at radius 1 is 0.705 bits per heavy atom. The standard InChI is InChI=1S/C23H25N.C15H14O4.ClH/c1-19(20-11-5-2-6-12-20)24-18-17-23(21-13-7-3-8-14-21)22-15-9-4-10-16-22;1-8(2)14-15(17-3)10-6-9-4-5-13(16)18-11(9)7-12(10)19-14;/h2-16,19,23-24H,17-18H2,1H3;4-8H,1-3H3;1H. The second kappa shape index (κ2) is 15.4. The maximum atomic E-state index is 11.2. The normalized spacial score (nSPS) is 11.7. The molecule has 4 aromatic carbocycles. The van der Waals surface area contributed by atoms with Gasteiger partial charge in [0.05, 0.1) is 12.5 Å². The maximum Gasteiger partial charge on any atom is 0.336 e. The maximum absolute atomic E-state index is 11.2. The molecule has 2 heterocycles. The molecule has 2 aromatic heterocycles. The Labute approximate surface area is 265 Å². The van der Waals surface area contributed by atoms with Gasteiger partial charge in [-0.1, -0.05) is 105 Å². The topological polar surface area (TPSA) is 64.6 Å². The number of methoxy groups -OCH3 is 1. The summed E-state index contributed by atoms with van der Waals surface area (Å²) in [4.78, 5) is 11.2. The molecule has 1 atom stereocenters. The lowest BCUT2D eigenvalue weighted by molar-refractivity contribution is 0.390. The molecule has 6 rings (SSSR count). The van der Waals surface area contributed by atoms with Crippen LogP contribution in [0.25, 0.3) is 21.9 Å². The van der Waals surface area contributed by atoms with Crippen LogP contribution in [0, 0.1) is 0 Å². The highest BCUT2D eigenvalue weighted by atomic mass is 35.5. The Bertz CT molecular complexity index is 1760. The molecule has 0 spiro atoms. The first-order chi connectivity index (χ1) is 20.9. The van der Waals surface area contributed by atoms with Crippen molar-refractivity contribution in [1.29, 1.82) is 0 Å². The second-order valence-corrected chi connectivity index (χ2v) is 11.0. The zero-order valence-electron chi connectivity index (χ0n) is 25.7. The molecule has 228 valence electrons. The Hall–Kier alpha value is -4.32. The summed E-state index contributed by atoms with van der Waals surface area (Å²) >= 11 is 0. The number of ether oxygens (including phenoxy) is 1. The van der Waals surface area contributed by atoms with Crippen molar-refractivity contribution in [3.8, 4) is 5.75 Å². The highest BCUT2D eigenvalue weighted by Crippen LogP contribution is 2.39. The van der Waals surface area contributed by atoms with Gasteiger partial charge in [0.25, 0.3) is 0 Å². The van der Waals surface area contributed by atoms with E-state index in [2.05, 4.69) is 103 Å². The summed E-state index contributed by atoms with van der Waals surface area (Å²) in [6, 6.07) is 39.4. The molecule has 0 bridgehead atoms. The lowest BCUT2D eigenvalue weighted by Gasteiger charge is -2.20. The Morgan fingerprint density at radius 3 is 1.82 bits per heavy atom. The third-order valence-electron chi connectivity index (χ3n) is 7.73. The molecule has 0 fully saturated rings. The molecular weight excluding hydrogens is 570 g/mol. The molecule has 0 aliphatic rings. The SMILES string of the molecule is CC(NCCC(c1ccccc1)c1ccccc1)c1ccccc1.COc1c(C(C)C)oc2cc3oc(=O)ccc3cc12.Cl. The molecule has 1 N–H and O–H groups in total. The Morgan fingerprint density at radius 2 is 1.27 bits per heavy atom. The van der Waals surface area contributed by atoms with Crippen LogP contribution in [0.5, 0.6) is 5.75 Å². The molecule has 6 heteroatoms. The van der Waals surface area contributed by atoms with Gasteiger partial charge in [-0.25, -0.2) is 4.79 Å². The van der Waals surface area contributed by atoms with Crippen LogP contribution in [0.1, 0.15) is 67.5 Å². The first kappa shape index (κ1) is 32.6. The van der Waals surface area contributed by atoms with Gasteiger partial charge in [0.1, 0.15) is 16.9 Å². The summed E-state index contributed by atoms with van der Waals surface area (Å²) in [6.07, 6.45) is 1.09. The number of halogens is 1. The van der Waals surface area contributed by atoms with Crippen molar-refractivity contribution >= 4 is 34.3 Å². The average Bonchev–Trinajstić information content (AvgIpc) is 3.41. The van der Waals surface area contributed by atoms with Crippen LogP contribution < -0.4 is 15.7 Å². The van der Waals surface area contributed by atoms with E-state index < -0.39 is 0 Å². The largest absolute Gasteiger partial charge is 0.492 e. The van der Waals surface area contributed by atoms with Crippen LogP contribution in [0.15, 0.2) is 129 Å². The van der Waals surface area contributed by atoms with Gasteiger partial charge in [-0.15, -0.1) is 12.4 Å². The summed E-state index contributed by atoms with van der Waals surface area (Å²) in [5, 5.41) is 5.41. The molecule has 0 saturated heterocycles. The minimum absolute atomic E-state index is 0. The van der Waals surface area contributed by atoms with Gasteiger partial charge in [0.15, 0.2) is 5.75 Å². The van der Waals surface area contributed by atoms with Crippen molar-refractivity contribution in [3.05, 3.63) is 148 Å². The second-order valence-electron chi connectivity index (χ2n) is 11.0. The summed E-state index contributed by atoms with van der Waals surface area (Å²) < 4.78 is 16.4. The van der Waals surface area contributed by atoms with Gasteiger partial charge < -0.3 is 18.9 Å². The molecule has 0 radical (unpaired) electrons. The smallest absolute Gasteiger partial charge is 0.336 e. The number of hydrogen-bond acceptors (Lipinski definition) is 5. The van der Waals surface area contributed by atoms with E-state index in [4.69, 9.17) is 13.6 Å². The van der Waals surface area contributed by atoms with E-state index in [9.17, 15) is 4.79 Å². The van der Waals surface area contributed by atoms with Crippen LogP contribution in [-0.4, -0.2) is 13.7 Å². The first-order valence-electron chi connectivity index (χ1n) is 14.9. The Balaban J connectivity index is 0.000000201. The lowest BCUT2D eigenvalue weighted by Crippen LogP contribution is -2.21. The van der Waals surface area contributed by atoms with Gasteiger partial charge in [-0.05, 0) is 48.7 Å². The zero-order chi connectivity index (χ0) is 30.2. The third kappa shape index (κ3) is 7.79. The number of fused-ring (bicyclic) bond motifs is 2. The molecule has 5 nitrogen and oxygen atoms in total. The molecular formula is C38H40ClNO4. The van der Waals surface area contributed by atoms with Gasteiger partial charge in [-0.3, -0.25) is 0 Å². The molecule has 6 aromatic rings. The van der Waals surface area contributed by atoms with Gasteiger partial charge in [0, 0.05) is 35.4 Å². The summed E-state index contributed by atoms with van der Waals surface area (Å²) in [5.41, 5.74) is 4.94. The van der Waals surface area contributed by atoms with Crippen LogP contribution in [0.3, 0.4) is 0 Å². The summed E-state index contributed by atoms with van der Waals surface area (Å²) in [6.45, 7) is 7.31. The summed E-state index contributed by atoms with van der Waals surface area (Å²) in [7, 11) is 1.63. The molecule has 0 aliphatic carbocycles. The number of hydrogen-bond donors (Lipinski definition) is 1. The highest BCUT2D eigenvalue weighted by Gasteiger charge is 2.19. The van der Waals surface area contributed by atoms with Gasteiger partial charge in [-0.2, -0.15) is 0 Å². The van der Waals surface area contributed by atoms with Crippen molar-refractivity contribution < 1.29 is 13.6 Å². The van der Waals surface area contributed by atoms with Crippen molar-refractivity contribution in [1.82, 2.24) is 5.32 Å². The van der Waals surface area contributed by atoms with E-state index in [1.165, 1.54) is 22.8 Å². The average molecular weight is 610 g/mol. The lowest BCUT2D eigenvalue weighted by atomic mass is 9.88. The van der Waals surface area contributed by atoms with E-state index in [0.717, 1.165) is 35.2 Å². The van der Waals surface area contributed by atoms with Crippen molar-refractivity contribution in [2.75, 3.05) is 13.7 Å². The monoisotopic (exact) mass is 609 g/mol. The molecule has 0 saturated carbocycles. The molecule has 0 amide bonds. The minimum Gasteiger partial charge on any atom is -0.492 e. The first-order valence-corrected chi connectivity index (χ1v) is 14.9. The number of furan rings is 1. The van der Waals surface area contributed by atoms with Crippen LogP contribution in [0.4, 0.5) is 0 Å². The van der Waals surface area contributed by atoms with Crippen molar-refractivity contribution in [2.24, 2.45) is 0 Å². The third-order valence-corrected chi connectivity index (χ3v) is 7.73. The van der Waals surface area contributed by atoms with E-state index in [1.54, 1.807) is 19.2 Å². The van der Waals surface area contributed by atoms with Crippen LogP contribution in [0.2, 0.25) is 0 Å². The van der Waals surface area contributed by atoms with Crippen LogP contribution in [-0.2, 0) is 0 Å². The number of nitrogens with one attached hydrogen (secondary N) is 1. The zero-order valence-corrected chi connectivity index (χ0v) is 26.5. The number of rotatable bonds is 9. The van der Waals surface area contributed by atoms with Gasteiger partial charge in [0.2, 0.25) is 0 Å². The predicted octanol–water partition coefficient (Wildman–Crippen LogP) is 9.65. The van der Waals surface area contributed by atoms with Crippen molar-refractivity contribution in [2.45, 2.75) is 45.1 Å². The van der Waals surface area contributed by atoms with E-state index in [-0.39, 0.29) is 24.0 Å². The fourth-order valence-electron chi connectivity index (χ4n) is 5.45. The predicted molar refractivity (Wildman–Crippen MR) is 182 cm³/mol. The van der Waals surface area contributed by atoms with Crippen LogP contribution >= 0.6 is 12.4 Å². The summed E-state index contributed by atoms with van der Waals surface area (Å²) in [5.74, 6) is 2.20. The Kier molecular flexibility index (Phi) is 11.4. The molecule has 0 aliphatic heterocycles. The fourth-order valence-corrected chi connectivity index (χ4v) is 5.45. The highest BCUT2D eigenvalue weighted by molar-refractivity contribution is 5.97. The minimum atomic E-state index is -0.366. The van der Waals surface area contributed by atoms with E-state index in [0.29, 0.717) is 23.1 Å². The fraction of sp³-hybridized carbons (Fsp3) is 0.237. The van der Waals surface area contributed by atoms with Gasteiger partial charge >= 0.3 is 5.63 Å².